The summed E-state index contributed by atoms with van der Waals surface area (Å²) in [6.07, 6.45) is -9.22. The standard InChI is InChI=1S/C27H41B4NO13S4/c1-12(26(37)32-17-18(34)19(35)23-25(39-11-38-23)22(17)44-48-9-30)4-13-2-3-15(16(5-13)43-47-8-29)41-27-20(36)24(45-49-10-31)21(42-27)14(33)6-40-46-7-28/h2-5,17-25,27,34-36H,6-11,28-31H2,1H3,(H,32,37)/b12-4+/t17-,18+,19-,20+,21-,22-,23-,24+,25+,27-/m1/s1/i28TD,29TD,30TD,31TD,34T,35T,36T. The molecule has 3 aliphatic rings. The zero-order chi connectivity index (χ0) is 43.9. The normalized spacial score (nSPS) is 34.1. The van der Waals surface area contributed by atoms with Crippen LogP contribution in [0.15, 0.2) is 23.8 Å². The number of amides is 1. The van der Waals surface area contributed by atoms with E-state index in [1.165, 1.54) is 31.2 Å². The van der Waals surface area contributed by atoms with Gasteiger partial charge in [0.15, 0.2) is 23.4 Å². The number of aliphatic hydroxyl groups excluding tert-OH is 3. The first-order chi connectivity index (χ1) is 28.7. The number of Topliss-reactive ketones (excluding diaryl/α,β-unsaturated/α-hetero) is 1. The smallest absolute Gasteiger partial charge is 0.247 e. The largest absolute Gasteiger partial charge is 0.458 e. The van der Waals surface area contributed by atoms with E-state index in [9.17, 15) is 9.59 Å². The van der Waals surface area contributed by atoms with Crippen LogP contribution in [0.4, 0.5) is 0 Å². The SMILES string of the molecule is [2H]B([3H])CSOCC(=O)[C@H]1O[C@@H](Oc2ccc(/C=C(\C)C(=O)N[C@H]3[C@@H](OSCB([2H])[3H])[C@@H]4OCO[C@@H]4[C@H](O[3H])[C@H]3O[3H])cc2OSCB([2H])[3H])[C@@H](O[3H])[C@@H]1OSCB([2H])[3H]. The maximum atomic E-state index is 13.7. The highest BCUT2D eigenvalue weighted by Gasteiger charge is 2.55. The van der Waals surface area contributed by atoms with Crippen LogP contribution in [0.2, 0.25) is 0 Å². The molecule has 1 aromatic rings. The Hall–Kier alpha value is -1.00. The molecule has 3 fully saturated rings. The van der Waals surface area contributed by atoms with Crippen molar-refractivity contribution in [2.75, 3.05) is 36.0 Å². The molecule has 0 unspecified atom stereocenters. The Kier molecular flexibility index (Phi) is 11.4. The molecule has 1 saturated carbocycles. The molecule has 2 aliphatic heterocycles. The van der Waals surface area contributed by atoms with E-state index in [0.29, 0.717) is 17.6 Å². The van der Waals surface area contributed by atoms with Crippen LogP contribution in [0.1, 0.15) is 12.5 Å². The second-order valence-electron chi connectivity index (χ2n) is 10.4. The van der Waals surface area contributed by atoms with Gasteiger partial charge in [0, 0.05) is 23.3 Å². The third-order valence-electron chi connectivity index (χ3n) is 7.33. The van der Waals surface area contributed by atoms with E-state index in [0.717, 1.165) is 36.1 Å². The number of fused-ring (bicyclic) bond motifs is 1. The molecule has 22 heteroatoms. The Balaban J connectivity index is 1.57. The average Bonchev–Trinajstić information content (AvgIpc) is 3.82. The van der Waals surface area contributed by atoms with Crippen molar-refractivity contribution < 1.29 is 60.6 Å². The van der Waals surface area contributed by atoms with Gasteiger partial charge in [0.25, 0.3) is 0 Å². The zero-order valence-corrected chi connectivity index (χ0v) is 29.3. The number of ether oxygens (including phenoxy) is 4. The fourth-order valence-electron chi connectivity index (χ4n) is 5.14. The van der Waals surface area contributed by atoms with E-state index in [1.807, 2.05) is 0 Å². The van der Waals surface area contributed by atoms with E-state index in [-0.39, 0.29) is 46.5 Å². The fourth-order valence-corrected chi connectivity index (χ4v) is 6.67. The van der Waals surface area contributed by atoms with Crippen LogP contribution in [0.25, 0.3) is 6.08 Å². The molecule has 49 heavy (non-hydrogen) atoms. The third-order valence-corrected chi connectivity index (χ3v) is 9.17. The van der Waals surface area contributed by atoms with Crippen LogP contribution in [0.5, 0.6) is 11.5 Å². The Morgan fingerprint density at radius 3 is 2.47 bits per heavy atom. The summed E-state index contributed by atoms with van der Waals surface area (Å²) in [5.41, 5.74) is 0.252. The molecule has 2 heterocycles. The summed E-state index contributed by atoms with van der Waals surface area (Å²) < 4.78 is 129. The second kappa shape index (κ2) is 20.3. The molecule has 4 N–H and O–H groups in total. The lowest BCUT2D eigenvalue weighted by atomic mass is 9.83. The van der Waals surface area contributed by atoms with Gasteiger partial charge in [-0.15, -0.1) is 0 Å². The van der Waals surface area contributed by atoms with Crippen molar-refractivity contribution in [1.29, 1.82) is 15.0 Å². The molecule has 0 radical (unpaired) electrons. The van der Waals surface area contributed by atoms with Crippen LogP contribution in [0, 0.1) is 0 Å². The Morgan fingerprint density at radius 2 is 1.71 bits per heavy atom. The quantitative estimate of drug-likeness (QED) is 0.0328. The predicted molar refractivity (Wildman–Crippen MR) is 199 cm³/mol. The molecule has 1 amide bonds. The summed E-state index contributed by atoms with van der Waals surface area (Å²) in [7, 11) is -4.93. The number of hydrogen-bond acceptors (Lipinski definition) is 17. The number of benzene rings is 1. The molecule has 0 aromatic heterocycles. The molecule has 268 valence electrons. The van der Waals surface area contributed by atoms with Crippen LogP contribution >= 0.6 is 48.2 Å². The van der Waals surface area contributed by atoms with Crippen LogP contribution in [-0.4, -0.2) is 170 Å². The fraction of sp³-hybridized carbons (Fsp3) is 0.630. The van der Waals surface area contributed by atoms with E-state index in [1.54, 1.807) is 0 Å². The minimum atomic E-state index is -1.47. The van der Waals surface area contributed by atoms with Gasteiger partial charge in [-0.25, -0.2) is 0 Å². The number of rotatable bonds is 26. The minimum absolute atomic E-state index is 0.00607. The average molecular weight is 777 g/mol. The maximum absolute atomic E-state index is 13.7. The zero-order valence-electron chi connectivity index (χ0n) is 37.1. The number of ketones is 1. The van der Waals surface area contributed by atoms with Gasteiger partial charge in [0.1, 0.15) is 87.2 Å². The maximum Gasteiger partial charge on any atom is 0.247 e. The first-order valence-electron chi connectivity index (χ1n) is 20.6. The number of carbonyl (C=O) groups excluding carboxylic acids is 2. The molecular weight excluding hydrogens is 718 g/mol. The lowest BCUT2D eigenvalue weighted by Gasteiger charge is -2.43. The van der Waals surface area contributed by atoms with Crippen molar-refractivity contribution in [2.24, 2.45) is 0 Å². The second-order valence-corrected chi connectivity index (χ2v) is 13.5. The molecule has 14 nitrogen and oxygen atoms in total. The summed E-state index contributed by atoms with van der Waals surface area (Å²) in [6, 6.07) is 3.31. The van der Waals surface area contributed by atoms with Crippen molar-refractivity contribution in [3.8, 4) is 11.5 Å². The first-order valence-corrected chi connectivity index (χ1v) is 18.4. The highest BCUT2D eigenvalue weighted by Crippen LogP contribution is 2.37. The molecule has 4 rings (SSSR count). The number of carbonyl (C=O) groups is 2. The highest BCUT2D eigenvalue weighted by molar-refractivity contribution is 7.96. The summed E-state index contributed by atoms with van der Waals surface area (Å²) in [5.74, 6) is -1.29. The van der Waals surface area contributed by atoms with Gasteiger partial charge in [-0.1, -0.05) is 6.07 Å². The van der Waals surface area contributed by atoms with Crippen LogP contribution in [-0.2, 0) is 36.3 Å². The van der Waals surface area contributed by atoms with E-state index >= 15 is 0 Å². The Bertz CT molecular complexity index is 1560. The first kappa shape index (κ1) is 27.6. The number of nitrogens with one attached hydrogen (secondary N) is 1. The van der Waals surface area contributed by atoms with Crippen molar-refractivity contribution in [1.82, 2.24) is 5.32 Å². The van der Waals surface area contributed by atoms with Crippen molar-refractivity contribution in [2.45, 2.75) is 68.1 Å². The Labute approximate surface area is 322 Å². The predicted octanol–water partition coefficient (Wildman–Crippen LogP) is -2.79. The highest BCUT2D eigenvalue weighted by atomic mass is 32.2. The molecule has 0 bridgehead atoms. The molecule has 1 aliphatic carbocycles. The monoisotopic (exact) mass is 777 g/mol. The minimum Gasteiger partial charge on any atom is -0.458 e. The Morgan fingerprint density at radius 1 is 1.00 bits per heavy atom. The topological polar surface area (TPSA) is 181 Å². The summed E-state index contributed by atoms with van der Waals surface area (Å²) >= 11 is 3.00. The molecule has 2 saturated heterocycles. The lowest BCUT2D eigenvalue weighted by Crippen LogP contribution is -2.67. The van der Waals surface area contributed by atoms with Crippen molar-refractivity contribution in [3.63, 3.8) is 0 Å². The van der Waals surface area contributed by atoms with Crippen LogP contribution < -0.4 is 14.2 Å². The van der Waals surface area contributed by atoms with Gasteiger partial charge in [0.2, 0.25) is 16.5 Å². The van der Waals surface area contributed by atoms with Gasteiger partial charge in [-0.05, 0) is 94.5 Å². The number of hydrogen-bond donors (Lipinski definition) is 4. The summed E-state index contributed by atoms with van der Waals surface area (Å²) in [6.45, 7) is 0.795. The van der Waals surface area contributed by atoms with E-state index < -0.39 is 111 Å². The van der Waals surface area contributed by atoms with E-state index in [4.69, 9.17) is 66.0 Å². The number of aliphatic hydroxyl groups is 3. The van der Waals surface area contributed by atoms with Gasteiger partial charge in [-0.2, -0.15) is 0 Å². The van der Waals surface area contributed by atoms with Gasteiger partial charge in [0.05, 0.1) is 6.04 Å². The lowest BCUT2D eigenvalue weighted by molar-refractivity contribution is -0.147. The van der Waals surface area contributed by atoms with Gasteiger partial charge in [-0.3, -0.25) is 9.59 Å². The summed E-state index contributed by atoms with van der Waals surface area (Å²) in [4.78, 5) is 26.9. The van der Waals surface area contributed by atoms with Gasteiger partial charge < -0.3 is 56.3 Å². The molecular formula is C27H41B4NO13S4. The summed E-state index contributed by atoms with van der Waals surface area (Å²) in [5, 5.41) is 17.5. The van der Waals surface area contributed by atoms with Crippen molar-refractivity contribution >= 4 is 97.0 Å². The third kappa shape index (κ3) is 10.5. The van der Waals surface area contributed by atoms with Gasteiger partial charge >= 0.3 is 0 Å². The molecule has 1 aromatic carbocycles. The van der Waals surface area contributed by atoms with Crippen molar-refractivity contribution in [3.05, 3.63) is 29.3 Å². The molecule has 10 atom stereocenters. The molecule has 0 spiro atoms. The van der Waals surface area contributed by atoms with E-state index in [2.05, 4.69) is 5.32 Å². The van der Waals surface area contributed by atoms with Crippen LogP contribution in [0.3, 0.4) is 0 Å².